The average Bonchev–Trinajstić information content (AvgIpc) is 2.75. The Balaban J connectivity index is 1.87. The van der Waals surface area contributed by atoms with Gasteiger partial charge >= 0.3 is 0 Å². The maximum atomic E-state index is 12.8. The topological polar surface area (TPSA) is 75.6 Å². The number of hydrogen-bond acceptors (Lipinski definition) is 4. The van der Waals surface area contributed by atoms with E-state index in [9.17, 15) is 13.5 Å². The molecule has 0 saturated heterocycles. The van der Waals surface area contributed by atoms with Crippen molar-refractivity contribution in [3.05, 3.63) is 82.8 Å². The van der Waals surface area contributed by atoms with Gasteiger partial charge < -0.3 is 9.84 Å². The highest BCUT2D eigenvalue weighted by atomic mass is 35.5. The number of rotatable bonds is 5. The molecule has 158 valence electrons. The molecule has 5 nitrogen and oxygen atoms in total. The molecular formula is C23H17Cl2NO4S. The van der Waals surface area contributed by atoms with Crippen molar-refractivity contribution in [1.29, 1.82) is 0 Å². The van der Waals surface area contributed by atoms with Crippen molar-refractivity contribution in [1.82, 2.24) is 0 Å². The number of hydrogen-bond donors (Lipinski definition) is 2. The molecule has 0 aliphatic carbocycles. The van der Waals surface area contributed by atoms with Crippen LogP contribution in [0.5, 0.6) is 11.5 Å². The van der Waals surface area contributed by atoms with Gasteiger partial charge in [0.1, 0.15) is 11.5 Å². The van der Waals surface area contributed by atoms with Crippen molar-refractivity contribution in [3.63, 3.8) is 0 Å². The number of aromatic hydroxyl groups is 1. The van der Waals surface area contributed by atoms with Crippen LogP contribution in [0.1, 0.15) is 0 Å². The van der Waals surface area contributed by atoms with Crippen molar-refractivity contribution in [2.45, 2.75) is 4.90 Å². The number of benzene rings is 4. The molecule has 0 aromatic heterocycles. The Morgan fingerprint density at radius 3 is 2.35 bits per heavy atom. The van der Waals surface area contributed by atoms with E-state index < -0.39 is 10.0 Å². The first-order valence-electron chi connectivity index (χ1n) is 9.17. The molecule has 0 radical (unpaired) electrons. The number of phenolic OH excluding ortho intramolecular Hbond substituents is 1. The van der Waals surface area contributed by atoms with Gasteiger partial charge in [-0.05, 0) is 53.2 Å². The smallest absolute Gasteiger partial charge is 0.261 e. The molecule has 4 aromatic carbocycles. The zero-order valence-electron chi connectivity index (χ0n) is 16.3. The highest BCUT2D eigenvalue weighted by molar-refractivity contribution is 7.92. The molecule has 0 amide bonds. The van der Waals surface area contributed by atoms with Crippen molar-refractivity contribution in [3.8, 4) is 22.6 Å². The fourth-order valence-electron chi connectivity index (χ4n) is 3.38. The summed E-state index contributed by atoms with van der Waals surface area (Å²) in [5, 5.41) is 12.9. The fraction of sp³-hybridized carbons (Fsp3) is 0.0435. The van der Waals surface area contributed by atoms with E-state index in [-0.39, 0.29) is 21.4 Å². The van der Waals surface area contributed by atoms with Crippen molar-refractivity contribution in [2.24, 2.45) is 0 Å². The number of phenols is 1. The normalized spacial score (nSPS) is 11.5. The molecule has 31 heavy (non-hydrogen) atoms. The van der Waals surface area contributed by atoms with Crippen LogP contribution < -0.4 is 9.46 Å². The van der Waals surface area contributed by atoms with Crippen LogP contribution in [0.25, 0.3) is 21.9 Å². The number of methoxy groups -OCH3 is 1. The summed E-state index contributed by atoms with van der Waals surface area (Å²) in [5.41, 5.74) is 1.14. The van der Waals surface area contributed by atoms with E-state index in [1.165, 1.54) is 43.5 Å². The quantitative estimate of drug-likeness (QED) is 0.332. The molecule has 0 heterocycles. The van der Waals surface area contributed by atoms with E-state index >= 15 is 0 Å². The lowest BCUT2D eigenvalue weighted by molar-refractivity contribution is 0.416. The molecular weight excluding hydrogens is 457 g/mol. The first-order valence-corrected chi connectivity index (χ1v) is 11.4. The van der Waals surface area contributed by atoms with Gasteiger partial charge in [-0.25, -0.2) is 8.42 Å². The van der Waals surface area contributed by atoms with Crippen molar-refractivity contribution >= 4 is 49.7 Å². The first-order chi connectivity index (χ1) is 14.8. The Labute approximate surface area is 189 Å². The largest absolute Gasteiger partial charge is 0.506 e. The molecule has 0 aliphatic heterocycles. The summed E-state index contributed by atoms with van der Waals surface area (Å²) >= 11 is 12.1. The van der Waals surface area contributed by atoms with Crippen LogP contribution in [0.2, 0.25) is 10.0 Å². The van der Waals surface area contributed by atoms with Crippen LogP contribution in [0, 0.1) is 0 Å². The number of ether oxygens (including phenoxy) is 1. The summed E-state index contributed by atoms with van der Waals surface area (Å²) < 4.78 is 33.6. The molecule has 0 saturated carbocycles. The zero-order valence-corrected chi connectivity index (χ0v) is 18.6. The lowest BCUT2D eigenvalue weighted by Gasteiger charge is -2.16. The van der Waals surface area contributed by atoms with E-state index in [1.807, 2.05) is 30.3 Å². The van der Waals surface area contributed by atoms with Gasteiger partial charge in [-0.3, -0.25) is 4.72 Å². The van der Waals surface area contributed by atoms with Crippen molar-refractivity contribution < 1.29 is 18.3 Å². The molecule has 0 unspecified atom stereocenters. The molecule has 4 rings (SSSR count). The highest BCUT2D eigenvalue weighted by Crippen LogP contribution is 2.45. The molecule has 2 N–H and O–H groups in total. The summed E-state index contributed by atoms with van der Waals surface area (Å²) in [4.78, 5) is 0.0467. The second-order valence-electron chi connectivity index (χ2n) is 6.78. The zero-order chi connectivity index (χ0) is 22.2. The molecule has 0 fully saturated rings. The number of fused-ring (bicyclic) bond motifs is 1. The first kappa shape index (κ1) is 21.3. The van der Waals surface area contributed by atoms with Gasteiger partial charge in [-0.15, -0.1) is 0 Å². The van der Waals surface area contributed by atoms with Crippen LogP contribution in [0.4, 0.5) is 5.69 Å². The predicted molar refractivity (Wildman–Crippen MR) is 125 cm³/mol. The Hall–Kier alpha value is -2.93. The number of sulfonamides is 1. The Morgan fingerprint density at radius 2 is 1.65 bits per heavy atom. The van der Waals surface area contributed by atoms with E-state index in [0.29, 0.717) is 21.9 Å². The second kappa shape index (κ2) is 8.30. The van der Waals surface area contributed by atoms with Gasteiger partial charge in [-0.1, -0.05) is 53.5 Å². The Bertz CT molecular complexity index is 1390. The van der Waals surface area contributed by atoms with Gasteiger partial charge in [0, 0.05) is 16.1 Å². The van der Waals surface area contributed by atoms with Crippen LogP contribution >= 0.6 is 23.2 Å². The Kier molecular flexibility index (Phi) is 5.71. The maximum Gasteiger partial charge on any atom is 0.261 e. The molecule has 0 spiro atoms. The number of nitrogens with one attached hydrogen (secondary N) is 1. The van der Waals surface area contributed by atoms with E-state index in [1.54, 1.807) is 6.07 Å². The van der Waals surface area contributed by atoms with Gasteiger partial charge in [-0.2, -0.15) is 0 Å². The Morgan fingerprint density at radius 1 is 0.935 bits per heavy atom. The summed E-state index contributed by atoms with van der Waals surface area (Å²) in [5.74, 6) is 0.341. The van der Waals surface area contributed by atoms with Crippen LogP contribution in [0.15, 0.2) is 77.7 Å². The SMILES string of the molecule is COc1ccc2ccccc2c1-c1cc(NS(=O)(=O)c2ccc(Cl)cc2)cc(Cl)c1O. The van der Waals surface area contributed by atoms with E-state index in [2.05, 4.69) is 4.72 Å². The third-order valence-electron chi connectivity index (χ3n) is 4.82. The van der Waals surface area contributed by atoms with Gasteiger partial charge in [0.2, 0.25) is 0 Å². The minimum absolute atomic E-state index is 0.00120. The minimum atomic E-state index is -3.90. The molecule has 0 aliphatic rings. The molecule has 4 aromatic rings. The van der Waals surface area contributed by atoms with Crippen LogP contribution in [-0.4, -0.2) is 20.6 Å². The molecule has 8 heteroatoms. The lowest BCUT2D eigenvalue weighted by atomic mass is 9.96. The van der Waals surface area contributed by atoms with E-state index in [0.717, 1.165) is 10.8 Å². The van der Waals surface area contributed by atoms with Gasteiger partial charge in [0.05, 0.1) is 22.7 Å². The standard InChI is InChI=1S/C23H17Cl2NO4S/c1-30-21-11-6-14-4-2-3-5-18(14)22(21)19-12-16(13-20(25)23(19)27)26-31(28,29)17-9-7-15(24)8-10-17/h2-13,26-27H,1H3. The highest BCUT2D eigenvalue weighted by Gasteiger charge is 2.20. The average molecular weight is 474 g/mol. The van der Waals surface area contributed by atoms with Gasteiger partial charge in [0.15, 0.2) is 0 Å². The second-order valence-corrected chi connectivity index (χ2v) is 9.30. The number of anilines is 1. The summed E-state index contributed by atoms with van der Waals surface area (Å²) in [6, 6.07) is 20.0. The third kappa shape index (κ3) is 4.14. The van der Waals surface area contributed by atoms with E-state index in [4.69, 9.17) is 27.9 Å². The summed E-state index contributed by atoms with van der Waals surface area (Å²) in [7, 11) is -2.37. The summed E-state index contributed by atoms with van der Waals surface area (Å²) in [6.07, 6.45) is 0. The third-order valence-corrected chi connectivity index (χ3v) is 6.76. The van der Waals surface area contributed by atoms with Crippen LogP contribution in [-0.2, 0) is 10.0 Å². The predicted octanol–water partition coefficient (Wildman–Crippen LogP) is 6.33. The summed E-state index contributed by atoms with van der Waals surface area (Å²) in [6.45, 7) is 0. The van der Waals surface area contributed by atoms with Crippen LogP contribution in [0.3, 0.4) is 0 Å². The van der Waals surface area contributed by atoms with Gasteiger partial charge in [0.25, 0.3) is 10.0 Å². The lowest BCUT2D eigenvalue weighted by Crippen LogP contribution is -2.13. The molecule has 0 bridgehead atoms. The fourth-order valence-corrected chi connectivity index (χ4v) is 4.76. The monoisotopic (exact) mass is 473 g/mol. The molecule has 0 atom stereocenters. The maximum absolute atomic E-state index is 12.8. The number of halogens is 2. The minimum Gasteiger partial charge on any atom is -0.506 e. The van der Waals surface area contributed by atoms with Crippen molar-refractivity contribution in [2.75, 3.05) is 11.8 Å².